The summed E-state index contributed by atoms with van der Waals surface area (Å²) in [5, 5.41) is 7.14. The minimum atomic E-state index is -1.06. The fraction of sp³-hybridized carbons (Fsp3) is 0.143. The van der Waals surface area contributed by atoms with Crippen molar-refractivity contribution in [1.29, 1.82) is 0 Å². The SMILES string of the molecule is O=C(Nc1cccc2ccccc12)OCCN(C(=O)OC(CBr)NC(=O)c1ccccn1)c1cccc(F)c1. The molecule has 0 aliphatic heterocycles. The Labute approximate surface area is 232 Å². The van der Waals surface area contributed by atoms with Crippen LogP contribution in [0.1, 0.15) is 10.5 Å². The number of carbonyl (C=O) groups excluding carboxylic acids is 3. The Bertz CT molecular complexity index is 1450. The van der Waals surface area contributed by atoms with Crippen LogP contribution < -0.4 is 15.5 Å². The molecule has 0 bridgehead atoms. The molecule has 0 fully saturated rings. The summed E-state index contributed by atoms with van der Waals surface area (Å²) in [6, 6.07) is 23.2. The van der Waals surface area contributed by atoms with Gasteiger partial charge >= 0.3 is 12.2 Å². The van der Waals surface area contributed by atoms with Crippen LogP contribution in [0.2, 0.25) is 0 Å². The van der Waals surface area contributed by atoms with Gasteiger partial charge < -0.3 is 14.8 Å². The maximum atomic E-state index is 14.0. The normalized spacial score (nSPS) is 11.3. The van der Waals surface area contributed by atoms with E-state index in [4.69, 9.17) is 9.47 Å². The first-order chi connectivity index (χ1) is 18.9. The van der Waals surface area contributed by atoms with Crippen molar-refractivity contribution in [1.82, 2.24) is 10.3 Å². The Balaban J connectivity index is 1.40. The van der Waals surface area contributed by atoms with E-state index in [2.05, 4.69) is 31.5 Å². The van der Waals surface area contributed by atoms with Gasteiger partial charge in [-0.1, -0.05) is 64.5 Å². The number of anilines is 2. The molecule has 0 aliphatic rings. The number of benzene rings is 3. The summed E-state index contributed by atoms with van der Waals surface area (Å²) in [5.41, 5.74) is 0.901. The van der Waals surface area contributed by atoms with Crippen molar-refractivity contribution in [3.63, 3.8) is 0 Å². The van der Waals surface area contributed by atoms with E-state index in [1.807, 2.05) is 36.4 Å². The Kier molecular flexibility index (Phi) is 9.41. The van der Waals surface area contributed by atoms with Gasteiger partial charge in [0.15, 0.2) is 6.23 Å². The van der Waals surface area contributed by atoms with Crippen molar-refractivity contribution < 1.29 is 28.2 Å². The Morgan fingerprint density at radius 1 is 0.974 bits per heavy atom. The third-order valence-corrected chi connectivity index (χ3v) is 6.08. The number of alkyl halides is 1. The summed E-state index contributed by atoms with van der Waals surface area (Å²) in [4.78, 5) is 43.1. The second-order valence-electron chi connectivity index (χ2n) is 8.13. The van der Waals surface area contributed by atoms with Gasteiger partial charge in [0.05, 0.1) is 23.2 Å². The van der Waals surface area contributed by atoms with E-state index in [0.29, 0.717) is 5.69 Å². The largest absolute Gasteiger partial charge is 0.447 e. The molecule has 0 aliphatic carbocycles. The van der Waals surface area contributed by atoms with Gasteiger partial charge in [0.2, 0.25) is 0 Å². The Hall–Kier alpha value is -4.51. The predicted molar refractivity (Wildman–Crippen MR) is 148 cm³/mol. The van der Waals surface area contributed by atoms with E-state index in [1.165, 1.54) is 30.5 Å². The number of halogens is 2. The second-order valence-corrected chi connectivity index (χ2v) is 8.78. The summed E-state index contributed by atoms with van der Waals surface area (Å²) < 4.78 is 24.7. The highest BCUT2D eigenvalue weighted by molar-refractivity contribution is 9.09. The van der Waals surface area contributed by atoms with Gasteiger partial charge in [-0.3, -0.25) is 20.0 Å². The minimum Gasteiger partial charge on any atom is -0.447 e. The summed E-state index contributed by atoms with van der Waals surface area (Å²) in [6.07, 6.45) is -1.20. The number of rotatable bonds is 9. The molecule has 0 spiro atoms. The maximum Gasteiger partial charge on any atom is 0.416 e. The molecular formula is C28H24BrFN4O5. The van der Waals surface area contributed by atoms with Gasteiger partial charge in [-0.05, 0) is 41.8 Å². The summed E-state index contributed by atoms with van der Waals surface area (Å²) in [5.74, 6) is -1.11. The number of nitrogens with zero attached hydrogens (tertiary/aromatic N) is 2. The molecule has 39 heavy (non-hydrogen) atoms. The van der Waals surface area contributed by atoms with Crippen molar-refractivity contribution in [2.24, 2.45) is 0 Å². The number of hydrogen-bond donors (Lipinski definition) is 2. The highest BCUT2D eigenvalue weighted by Crippen LogP contribution is 2.23. The molecule has 1 atom stereocenters. The molecule has 3 aromatic carbocycles. The van der Waals surface area contributed by atoms with Gasteiger partial charge in [0, 0.05) is 11.6 Å². The number of ether oxygens (including phenoxy) is 2. The lowest BCUT2D eigenvalue weighted by Gasteiger charge is -2.25. The number of carbonyl (C=O) groups is 3. The molecule has 11 heteroatoms. The molecule has 0 saturated heterocycles. The molecule has 0 radical (unpaired) electrons. The number of hydrogen-bond acceptors (Lipinski definition) is 6. The maximum absolute atomic E-state index is 14.0. The zero-order chi connectivity index (χ0) is 27.6. The van der Waals surface area contributed by atoms with Crippen LogP contribution in [0.25, 0.3) is 10.8 Å². The molecule has 2 N–H and O–H groups in total. The van der Waals surface area contributed by atoms with E-state index in [-0.39, 0.29) is 29.9 Å². The first kappa shape index (κ1) is 27.5. The first-order valence-electron chi connectivity index (χ1n) is 11.9. The molecule has 200 valence electrons. The standard InChI is InChI=1S/C28H24BrFN4O5/c29-18-25(33-26(35)24-12-3-4-14-31-24)39-28(37)34(21-10-6-9-20(30)17-21)15-16-38-27(36)32-23-13-5-8-19-7-1-2-11-22(19)23/h1-14,17,25H,15-16,18H2,(H,32,36)(H,33,35). The molecular weight excluding hydrogens is 571 g/mol. The third kappa shape index (κ3) is 7.51. The third-order valence-electron chi connectivity index (χ3n) is 5.49. The molecule has 9 nitrogen and oxygen atoms in total. The van der Waals surface area contributed by atoms with Gasteiger partial charge in [0.25, 0.3) is 5.91 Å². The monoisotopic (exact) mass is 594 g/mol. The number of nitrogens with one attached hydrogen (secondary N) is 2. The Morgan fingerprint density at radius 2 is 1.74 bits per heavy atom. The molecule has 1 heterocycles. The van der Waals surface area contributed by atoms with E-state index >= 15 is 0 Å². The van der Waals surface area contributed by atoms with Crippen molar-refractivity contribution in [3.05, 3.63) is 103 Å². The van der Waals surface area contributed by atoms with Crippen LogP contribution in [0.4, 0.5) is 25.4 Å². The number of amides is 3. The zero-order valence-electron chi connectivity index (χ0n) is 20.6. The predicted octanol–water partition coefficient (Wildman–Crippen LogP) is 5.72. The van der Waals surface area contributed by atoms with Crippen molar-refractivity contribution in [2.75, 3.05) is 28.7 Å². The topological polar surface area (TPSA) is 110 Å². The number of pyridine rings is 1. The number of fused-ring (bicyclic) bond motifs is 1. The van der Waals surface area contributed by atoms with Crippen molar-refractivity contribution in [3.8, 4) is 0 Å². The van der Waals surface area contributed by atoms with Crippen LogP contribution in [-0.4, -0.2) is 47.8 Å². The van der Waals surface area contributed by atoms with Crippen LogP contribution in [0.3, 0.4) is 0 Å². The fourth-order valence-electron chi connectivity index (χ4n) is 3.68. The van der Waals surface area contributed by atoms with Crippen molar-refractivity contribution in [2.45, 2.75) is 6.23 Å². The summed E-state index contributed by atoms with van der Waals surface area (Å²) >= 11 is 3.21. The van der Waals surface area contributed by atoms with Crippen LogP contribution in [-0.2, 0) is 9.47 Å². The van der Waals surface area contributed by atoms with Crippen LogP contribution >= 0.6 is 15.9 Å². The smallest absolute Gasteiger partial charge is 0.416 e. The lowest BCUT2D eigenvalue weighted by Crippen LogP contribution is -2.44. The zero-order valence-corrected chi connectivity index (χ0v) is 22.1. The number of aromatic nitrogens is 1. The van der Waals surface area contributed by atoms with Gasteiger partial charge in [0.1, 0.15) is 18.1 Å². The van der Waals surface area contributed by atoms with Crippen LogP contribution in [0.5, 0.6) is 0 Å². The highest BCUT2D eigenvalue weighted by Gasteiger charge is 2.24. The molecule has 4 aromatic rings. The molecule has 3 amide bonds. The lowest BCUT2D eigenvalue weighted by atomic mass is 10.1. The average Bonchev–Trinajstić information content (AvgIpc) is 2.95. The molecule has 0 saturated carbocycles. The van der Waals surface area contributed by atoms with Crippen LogP contribution in [0.15, 0.2) is 91.1 Å². The molecule has 4 rings (SSSR count). The van der Waals surface area contributed by atoms with Gasteiger partial charge in [-0.15, -0.1) is 0 Å². The Morgan fingerprint density at radius 3 is 2.51 bits per heavy atom. The van der Waals surface area contributed by atoms with E-state index in [0.717, 1.165) is 21.7 Å². The quantitative estimate of drug-likeness (QED) is 0.189. The average molecular weight is 595 g/mol. The fourth-order valence-corrected chi connectivity index (χ4v) is 3.98. The van der Waals surface area contributed by atoms with E-state index in [9.17, 15) is 18.8 Å². The highest BCUT2D eigenvalue weighted by atomic mass is 79.9. The van der Waals surface area contributed by atoms with Crippen molar-refractivity contribution >= 4 is 56.2 Å². The van der Waals surface area contributed by atoms with E-state index in [1.54, 1.807) is 18.2 Å². The minimum absolute atomic E-state index is 0.0816. The second kappa shape index (κ2) is 13.3. The lowest BCUT2D eigenvalue weighted by molar-refractivity contribution is 0.0723. The van der Waals surface area contributed by atoms with E-state index < -0.39 is 30.1 Å². The summed E-state index contributed by atoms with van der Waals surface area (Å²) in [6.45, 7) is -0.365. The van der Waals surface area contributed by atoms with Crippen LogP contribution in [0, 0.1) is 5.82 Å². The summed E-state index contributed by atoms with van der Waals surface area (Å²) in [7, 11) is 0. The van der Waals surface area contributed by atoms with Gasteiger partial charge in [-0.25, -0.2) is 14.0 Å². The molecule has 1 aromatic heterocycles. The first-order valence-corrected chi connectivity index (χ1v) is 13.0. The molecule has 1 unspecified atom stereocenters. The van der Waals surface area contributed by atoms with Gasteiger partial charge in [-0.2, -0.15) is 0 Å².